The molecule has 10 atom stereocenters. The van der Waals surface area contributed by atoms with Crippen molar-refractivity contribution in [2.75, 3.05) is 19.8 Å². The van der Waals surface area contributed by atoms with Crippen LogP contribution in [-0.4, -0.2) is 124 Å². The number of carbonyl (C=O) groups excluding carboxylic acids is 4. The van der Waals surface area contributed by atoms with E-state index in [9.17, 15) is 44.7 Å². The summed E-state index contributed by atoms with van der Waals surface area (Å²) in [4.78, 5) is 53.3. The molecule has 0 saturated carbocycles. The molecule has 0 aromatic carbocycles. The lowest BCUT2D eigenvalue weighted by Gasteiger charge is -2.39. The lowest BCUT2D eigenvalue weighted by Crippen LogP contribution is -2.57. The van der Waals surface area contributed by atoms with E-state index in [-0.39, 0.29) is 44.3 Å². The predicted molar refractivity (Wildman–Crippen MR) is 233 cm³/mol. The second-order valence-corrected chi connectivity index (χ2v) is 17.6. The minimum absolute atomic E-state index is 0.00458. The number of aliphatic hydroxyl groups is 5. The molecule has 0 aromatic rings. The lowest BCUT2D eigenvalue weighted by atomic mass is 9.97. The van der Waals surface area contributed by atoms with Crippen LogP contribution in [0, 0.1) is 11.8 Å². The first kappa shape index (κ1) is 56.6. The van der Waals surface area contributed by atoms with E-state index in [1.165, 1.54) is 0 Å². The van der Waals surface area contributed by atoms with Crippen LogP contribution in [-0.2, 0) is 38.1 Å². The zero-order valence-corrected chi connectivity index (χ0v) is 38.5. The van der Waals surface area contributed by atoms with E-state index in [4.69, 9.17) is 18.9 Å². The molecule has 1 fully saturated rings. The Kier molecular flexibility index (Phi) is 31.6. The van der Waals surface area contributed by atoms with Gasteiger partial charge in [-0.15, -0.1) is 0 Å². The minimum Gasteiger partial charge on any atom is -0.462 e. The normalized spacial score (nSPS) is 21.6. The summed E-state index contributed by atoms with van der Waals surface area (Å²) in [6.07, 6.45) is 8.48. The minimum atomic E-state index is -1.47. The van der Waals surface area contributed by atoms with Crippen molar-refractivity contribution < 1.29 is 63.7 Å². The van der Waals surface area contributed by atoms with Crippen LogP contribution in [0.1, 0.15) is 183 Å². The molecule has 1 heterocycles. The first-order valence-corrected chi connectivity index (χ1v) is 23.7. The van der Waals surface area contributed by atoms with Crippen molar-refractivity contribution in [2.24, 2.45) is 11.8 Å². The smallest absolute Gasteiger partial charge is 0.309 e. The summed E-state index contributed by atoms with van der Waals surface area (Å²) in [5.41, 5.74) is 0. The van der Waals surface area contributed by atoms with Gasteiger partial charge in [-0.05, 0) is 57.3 Å². The number of carbonyl (C=O) groups is 4. The molecular weight excluding hydrogens is 789 g/mol. The van der Waals surface area contributed by atoms with Gasteiger partial charge in [0.2, 0.25) is 11.8 Å². The van der Waals surface area contributed by atoms with Crippen molar-refractivity contribution in [3.05, 3.63) is 0 Å². The Labute approximate surface area is 366 Å². The van der Waals surface area contributed by atoms with Crippen LogP contribution in [0.3, 0.4) is 0 Å². The summed E-state index contributed by atoms with van der Waals surface area (Å²) in [6.45, 7) is 11.0. The molecule has 0 aliphatic carbocycles. The number of ether oxygens (including phenoxy) is 4. The molecule has 1 aliphatic rings. The summed E-state index contributed by atoms with van der Waals surface area (Å²) >= 11 is 0. The van der Waals surface area contributed by atoms with E-state index in [2.05, 4.69) is 31.4 Å². The monoisotopic (exact) mass is 875 g/mol. The first-order chi connectivity index (χ1) is 29.2. The summed E-state index contributed by atoms with van der Waals surface area (Å²) < 4.78 is 23.4. The number of aliphatic hydroxyl groups excluding tert-OH is 5. The van der Waals surface area contributed by atoms with Crippen LogP contribution < -0.4 is 10.6 Å². The number of esters is 2. The van der Waals surface area contributed by atoms with Crippen molar-refractivity contribution in [1.29, 1.82) is 0 Å². The maximum Gasteiger partial charge on any atom is 0.309 e. The Morgan fingerprint density at radius 2 is 1.13 bits per heavy atom. The van der Waals surface area contributed by atoms with Gasteiger partial charge >= 0.3 is 11.9 Å². The van der Waals surface area contributed by atoms with E-state index in [1.54, 1.807) is 6.92 Å². The van der Waals surface area contributed by atoms with Gasteiger partial charge in [-0.1, -0.05) is 118 Å². The van der Waals surface area contributed by atoms with Gasteiger partial charge < -0.3 is 55.1 Å². The molecular formula is C46H86N2O13. The van der Waals surface area contributed by atoms with Crippen LogP contribution in [0.2, 0.25) is 0 Å². The van der Waals surface area contributed by atoms with Gasteiger partial charge in [0.15, 0.2) is 6.29 Å². The maximum atomic E-state index is 13.6. The van der Waals surface area contributed by atoms with E-state index in [0.29, 0.717) is 32.1 Å². The number of hydrogen-bond donors (Lipinski definition) is 7. The summed E-state index contributed by atoms with van der Waals surface area (Å²) in [7, 11) is 0. The highest BCUT2D eigenvalue weighted by molar-refractivity contribution is 5.88. The molecule has 358 valence electrons. The van der Waals surface area contributed by atoms with Crippen LogP contribution in [0.15, 0.2) is 0 Å². The Balaban J connectivity index is 3.08. The molecule has 10 unspecified atom stereocenters. The molecule has 1 aliphatic heterocycles. The second kappa shape index (κ2) is 34.1. The Morgan fingerprint density at radius 3 is 1.64 bits per heavy atom. The third-order valence-corrected chi connectivity index (χ3v) is 11.3. The molecule has 0 bridgehead atoms. The molecule has 15 nitrogen and oxygen atoms in total. The van der Waals surface area contributed by atoms with E-state index < -0.39 is 85.4 Å². The van der Waals surface area contributed by atoms with Gasteiger partial charge in [0.1, 0.15) is 36.6 Å². The molecule has 1 rings (SSSR count). The zero-order valence-electron chi connectivity index (χ0n) is 38.5. The van der Waals surface area contributed by atoms with E-state index in [1.807, 2.05) is 13.8 Å². The number of rotatable bonds is 36. The van der Waals surface area contributed by atoms with E-state index in [0.717, 1.165) is 89.9 Å². The number of hydrogen-bond acceptors (Lipinski definition) is 13. The van der Waals surface area contributed by atoms with Crippen LogP contribution in [0.25, 0.3) is 0 Å². The predicted octanol–water partition coefficient (Wildman–Crippen LogP) is 5.52. The first-order valence-electron chi connectivity index (χ1n) is 23.7. The third-order valence-electron chi connectivity index (χ3n) is 11.3. The highest BCUT2D eigenvalue weighted by atomic mass is 16.7. The summed E-state index contributed by atoms with van der Waals surface area (Å²) in [5.74, 6) is -2.40. The fraction of sp³-hybridized carbons (Fsp3) is 0.913. The van der Waals surface area contributed by atoms with Gasteiger partial charge in [0, 0.05) is 0 Å². The molecule has 7 N–H and O–H groups in total. The van der Waals surface area contributed by atoms with E-state index >= 15 is 0 Å². The molecule has 0 aromatic heterocycles. The Morgan fingerprint density at radius 1 is 0.623 bits per heavy atom. The van der Waals surface area contributed by atoms with Crippen LogP contribution in [0.5, 0.6) is 0 Å². The molecule has 15 heteroatoms. The number of amides is 2. The summed E-state index contributed by atoms with van der Waals surface area (Å²) in [5, 5.41) is 55.8. The van der Waals surface area contributed by atoms with Crippen LogP contribution in [0.4, 0.5) is 0 Å². The average Bonchev–Trinajstić information content (AvgIpc) is 3.21. The fourth-order valence-electron chi connectivity index (χ4n) is 7.61. The largest absolute Gasteiger partial charge is 0.462 e. The number of nitrogens with one attached hydrogen (secondary N) is 2. The molecule has 2 amide bonds. The Hall–Kier alpha value is -2.40. The fourth-order valence-corrected chi connectivity index (χ4v) is 7.61. The van der Waals surface area contributed by atoms with Gasteiger partial charge in [-0.3, -0.25) is 19.2 Å². The van der Waals surface area contributed by atoms with Gasteiger partial charge in [0.25, 0.3) is 0 Å². The lowest BCUT2D eigenvalue weighted by molar-refractivity contribution is -0.295. The molecule has 0 spiro atoms. The quantitative estimate of drug-likeness (QED) is 0.0304. The number of unbranched alkanes of at least 4 members (excludes halogenated alkanes) is 12. The molecule has 0 radical (unpaired) electrons. The highest BCUT2D eigenvalue weighted by Crippen LogP contribution is 2.25. The third kappa shape index (κ3) is 25.5. The molecule has 1 saturated heterocycles. The molecule has 61 heavy (non-hydrogen) atoms. The maximum absolute atomic E-state index is 13.6. The SMILES string of the molecule is CCCCCCCC(COC1OC(C)C(O)C(O)C1O)CC(=O)OC(CCCCCCC)CC(=O)OC(CCCCCCC)CC(=O)NC(CO)C(=O)NC(CO)CC(C)C. The van der Waals surface area contributed by atoms with Crippen molar-refractivity contribution >= 4 is 23.8 Å². The van der Waals surface area contributed by atoms with Crippen molar-refractivity contribution in [3.63, 3.8) is 0 Å². The van der Waals surface area contributed by atoms with Gasteiger partial charge in [-0.2, -0.15) is 0 Å². The second-order valence-electron chi connectivity index (χ2n) is 17.6. The zero-order chi connectivity index (χ0) is 45.6. The van der Waals surface area contributed by atoms with Crippen molar-refractivity contribution in [1.82, 2.24) is 10.6 Å². The van der Waals surface area contributed by atoms with Crippen molar-refractivity contribution in [3.8, 4) is 0 Å². The van der Waals surface area contributed by atoms with Gasteiger partial charge in [0.05, 0.1) is 51.2 Å². The average molecular weight is 875 g/mol. The Bertz CT molecular complexity index is 1180. The topological polar surface area (TPSA) is 230 Å². The van der Waals surface area contributed by atoms with Crippen molar-refractivity contribution in [2.45, 2.75) is 238 Å². The standard InChI is InChI=1S/C46H86N2O13/c1-7-10-13-16-19-22-34(31-58-46-44(56)43(55)42(54)33(6)59-46)26-40(52)61-37(24-21-18-15-12-9-3)28-41(53)60-36(23-20-17-14-11-8-2)27-39(51)48-38(30-50)45(57)47-35(29-49)25-32(4)5/h32-38,42-44,46,49-50,54-56H,7-31H2,1-6H3,(H,47,57)(H,48,51). The summed E-state index contributed by atoms with van der Waals surface area (Å²) in [6, 6.07) is -1.78. The van der Waals surface area contributed by atoms with Crippen LogP contribution >= 0.6 is 0 Å². The highest BCUT2D eigenvalue weighted by Gasteiger charge is 2.42. The van der Waals surface area contributed by atoms with Gasteiger partial charge in [-0.25, -0.2) is 0 Å².